The van der Waals surface area contributed by atoms with Crippen LogP contribution in [0.3, 0.4) is 0 Å². The number of amides is 3. The van der Waals surface area contributed by atoms with Gasteiger partial charge in [0.15, 0.2) is 6.61 Å². The molecule has 9 heteroatoms. The first-order chi connectivity index (χ1) is 13.1. The number of hydrogen-bond acceptors (Lipinski definition) is 4. The molecule has 1 aromatic heterocycles. The van der Waals surface area contributed by atoms with Crippen LogP contribution in [0, 0.1) is 0 Å². The van der Waals surface area contributed by atoms with Crippen LogP contribution in [0.2, 0.25) is 0 Å². The monoisotopic (exact) mass is 393 g/mol. The number of halogens is 3. The SMILES string of the molecule is CC1(C)C(=O)N(c2ccc(OCC(F)(F)F)cc2)C(=O)N1Cc1ccncc1. The maximum Gasteiger partial charge on any atom is 0.422 e. The maximum absolute atomic E-state index is 12.9. The molecule has 6 nitrogen and oxygen atoms in total. The highest BCUT2D eigenvalue weighted by Gasteiger charge is 2.51. The van der Waals surface area contributed by atoms with Crippen LogP contribution in [0.25, 0.3) is 0 Å². The standard InChI is InChI=1S/C19H18F3N3O3/c1-18(2)16(26)25(17(27)24(18)11-13-7-9-23-10-8-13)14-3-5-15(6-4-14)28-12-19(20,21)22/h3-10H,11-12H2,1-2H3. The molecule has 3 amide bonds. The van der Waals surface area contributed by atoms with Gasteiger partial charge in [0.05, 0.1) is 5.69 Å². The van der Waals surface area contributed by atoms with Gasteiger partial charge in [-0.3, -0.25) is 9.78 Å². The summed E-state index contributed by atoms with van der Waals surface area (Å²) < 4.78 is 41.4. The largest absolute Gasteiger partial charge is 0.484 e. The molecule has 1 saturated heterocycles. The molecule has 1 aromatic carbocycles. The van der Waals surface area contributed by atoms with Gasteiger partial charge >= 0.3 is 12.2 Å². The highest BCUT2D eigenvalue weighted by molar-refractivity contribution is 6.22. The van der Waals surface area contributed by atoms with E-state index in [0.717, 1.165) is 10.5 Å². The lowest BCUT2D eigenvalue weighted by Crippen LogP contribution is -2.43. The normalized spacial score (nSPS) is 16.6. The van der Waals surface area contributed by atoms with Crippen LogP contribution >= 0.6 is 0 Å². The van der Waals surface area contributed by atoms with E-state index in [9.17, 15) is 22.8 Å². The molecule has 0 N–H and O–H groups in total. The second-order valence-corrected chi connectivity index (χ2v) is 6.82. The van der Waals surface area contributed by atoms with Gasteiger partial charge in [-0.05, 0) is 55.8 Å². The molecule has 0 radical (unpaired) electrons. The molecule has 148 valence electrons. The summed E-state index contributed by atoms with van der Waals surface area (Å²) in [5, 5.41) is 0. The average molecular weight is 393 g/mol. The second kappa shape index (κ2) is 7.14. The van der Waals surface area contributed by atoms with Crippen molar-refractivity contribution in [1.82, 2.24) is 9.88 Å². The Balaban J connectivity index is 1.80. The van der Waals surface area contributed by atoms with Crippen molar-refractivity contribution in [1.29, 1.82) is 0 Å². The zero-order valence-electron chi connectivity index (χ0n) is 15.2. The number of pyridine rings is 1. The molecule has 0 saturated carbocycles. The van der Waals surface area contributed by atoms with Crippen molar-refractivity contribution in [3.63, 3.8) is 0 Å². The van der Waals surface area contributed by atoms with Crippen molar-refractivity contribution in [2.45, 2.75) is 32.1 Å². The third-order valence-electron chi connectivity index (χ3n) is 4.41. The van der Waals surface area contributed by atoms with E-state index in [4.69, 9.17) is 0 Å². The first-order valence-corrected chi connectivity index (χ1v) is 8.44. The summed E-state index contributed by atoms with van der Waals surface area (Å²) in [5.41, 5.74) is 0.00728. The summed E-state index contributed by atoms with van der Waals surface area (Å²) in [6.45, 7) is 2.11. The molecule has 1 aliphatic rings. The predicted molar refractivity (Wildman–Crippen MR) is 94.7 cm³/mol. The Morgan fingerprint density at radius 2 is 1.64 bits per heavy atom. The Morgan fingerprint density at radius 1 is 1.04 bits per heavy atom. The number of carbonyl (C=O) groups excluding carboxylic acids is 2. The molecule has 3 rings (SSSR count). The lowest BCUT2D eigenvalue weighted by atomic mass is 10.0. The van der Waals surface area contributed by atoms with E-state index in [1.54, 1.807) is 38.4 Å². The molecule has 2 aromatic rings. The number of imide groups is 1. The molecule has 2 heterocycles. The lowest BCUT2D eigenvalue weighted by Gasteiger charge is -2.27. The number of alkyl halides is 3. The van der Waals surface area contributed by atoms with Crippen LogP contribution in [0.5, 0.6) is 5.75 Å². The maximum atomic E-state index is 12.9. The Labute approximate surface area is 159 Å². The molecule has 1 fully saturated rings. The predicted octanol–water partition coefficient (Wildman–Crippen LogP) is 3.77. The van der Waals surface area contributed by atoms with Gasteiger partial charge in [-0.1, -0.05) is 0 Å². The average Bonchev–Trinajstić information content (AvgIpc) is 2.81. The van der Waals surface area contributed by atoms with Crippen LogP contribution in [0.15, 0.2) is 48.8 Å². The van der Waals surface area contributed by atoms with Gasteiger partial charge in [0.1, 0.15) is 11.3 Å². The van der Waals surface area contributed by atoms with Gasteiger partial charge in [0.25, 0.3) is 5.91 Å². The Hall–Kier alpha value is -3.10. The fourth-order valence-electron chi connectivity index (χ4n) is 2.86. The third kappa shape index (κ3) is 3.92. The number of ether oxygens (including phenoxy) is 1. The highest BCUT2D eigenvalue weighted by atomic mass is 19.4. The molecule has 1 aliphatic heterocycles. The first-order valence-electron chi connectivity index (χ1n) is 8.44. The third-order valence-corrected chi connectivity index (χ3v) is 4.41. The summed E-state index contributed by atoms with van der Waals surface area (Å²) in [4.78, 5) is 32.2. The van der Waals surface area contributed by atoms with Crippen LogP contribution < -0.4 is 9.64 Å². The van der Waals surface area contributed by atoms with Gasteiger partial charge in [0, 0.05) is 18.9 Å². The molecule has 0 unspecified atom stereocenters. The van der Waals surface area contributed by atoms with Gasteiger partial charge < -0.3 is 9.64 Å². The van der Waals surface area contributed by atoms with E-state index in [1.807, 2.05) is 0 Å². The molecular formula is C19H18F3N3O3. The number of hydrogen-bond donors (Lipinski definition) is 0. The van der Waals surface area contributed by atoms with Crippen LogP contribution in [0.1, 0.15) is 19.4 Å². The van der Waals surface area contributed by atoms with Gasteiger partial charge in [0.2, 0.25) is 0 Å². The zero-order valence-corrected chi connectivity index (χ0v) is 15.2. The molecule has 0 aliphatic carbocycles. The zero-order chi connectivity index (χ0) is 20.5. The van der Waals surface area contributed by atoms with Gasteiger partial charge in [-0.25, -0.2) is 9.69 Å². The van der Waals surface area contributed by atoms with E-state index < -0.39 is 30.3 Å². The topological polar surface area (TPSA) is 62.7 Å². The summed E-state index contributed by atoms with van der Waals surface area (Å²) in [5.74, 6) is -0.427. The van der Waals surface area contributed by atoms with Gasteiger partial charge in [-0.15, -0.1) is 0 Å². The van der Waals surface area contributed by atoms with E-state index in [-0.39, 0.29) is 18.0 Å². The molecule has 0 bridgehead atoms. The fraction of sp³-hybridized carbons (Fsp3) is 0.316. The molecule has 28 heavy (non-hydrogen) atoms. The van der Waals surface area contributed by atoms with E-state index in [1.165, 1.54) is 29.2 Å². The number of aromatic nitrogens is 1. The van der Waals surface area contributed by atoms with E-state index in [2.05, 4.69) is 9.72 Å². The number of rotatable bonds is 5. The van der Waals surface area contributed by atoms with Crippen LogP contribution in [-0.2, 0) is 11.3 Å². The molecule has 0 spiro atoms. The Morgan fingerprint density at radius 3 is 2.21 bits per heavy atom. The summed E-state index contributed by atoms with van der Waals surface area (Å²) in [6.07, 6.45) is -1.25. The van der Waals surface area contributed by atoms with Crippen molar-refractivity contribution in [3.8, 4) is 5.75 Å². The summed E-state index contributed by atoms with van der Waals surface area (Å²) in [7, 11) is 0. The fourth-order valence-corrected chi connectivity index (χ4v) is 2.86. The Bertz CT molecular complexity index is 867. The highest BCUT2D eigenvalue weighted by Crippen LogP contribution is 2.34. The molecular weight excluding hydrogens is 375 g/mol. The number of carbonyl (C=O) groups is 2. The smallest absolute Gasteiger partial charge is 0.422 e. The van der Waals surface area contributed by atoms with Crippen LogP contribution in [-0.4, -0.2) is 40.1 Å². The van der Waals surface area contributed by atoms with Gasteiger partial charge in [-0.2, -0.15) is 13.2 Å². The van der Waals surface area contributed by atoms with Crippen molar-refractivity contribution >= 4 is 17.6 Å². The van der Waals surface area contributed by atoms with E-state index >= 15 is 0 Å². The molecule has 0 atom stereocenters. The van der Waals surface area contributed by atoms with E-state index in [0.29, 0.717) is 0 Å². The Kier molecular flexibility index (Phi) is 5.01. The number of benzene rings is 1. The van der Waals surface area contributed by atoms with Crippen molar-refractivity contribution in [3.05, 3.63) is 54.4 Å². The van der Waals surface area contributed by atoms with Crippen molar-refractivity contribution in [2.24, 2.45) is 0 Å². The minimum atomic E-state index is -4.45. The minimum absolute atomic E-state index is 0.00642. The minimum Gasteiger partial charge on any atom is -0.484 e. The summed E-state index contributed by atoms with van der Waals surface area (Å²) >= 11 is 0. The first kappa shape index (κ1) is 19.7. The quantitative estimate of drug-likeness (QED) is 0.726. The summed E-state index contributed by atoms with van der Waals surface area (Å²) in [6, 6.07) is 8.35. The van der Waals surface area contributed by atoms with Crippen LogP contribution in [0.4, 0.5) is 23.7 Å². The number of nitrogens with zero attached hydrogens (tertiary/aromatic N) is 3. The van der Waals surface area contributed by atoms with Crippen molar-refractivity contribution in [2.75, 3.05) is 11.5 Å². The lowest BCUT2D eigenvalue weighted by molar-refractivity contribution is -0.153. The number of anilines is 1. The second-order valence-electron chi connectivity index (χ2n) is 6.82. The van der Waals surface area contributed by atoms with Crippen molar-refractivity contribution < 1.29 is 27.5 Å². The number of urea groups is 1.